The molecule has 2 aromatic carbocycles. The summed E-state index contributed by atoms with van der Waals surface area (Å²) in [5.41, 5.74) is 1.83. The Morgan fingerprint density at radius 3 is 2.25 bits per heavy atom. The second-order valence-corrected chi connectivity index (χ2v) is 6.37. The van der Waals surface area contributed by atoms with Gasteiger partial charge in [0, 0.05) is 17.6 Å². The molecular weight excluding hydrogens is 326 g/mol. The SMILES string of the molecule is COc1cc(COC2(c3ccc(Cl)cc3)CCNC2)cc(OC)c1. The van der Waals surface area contributed by atoms with Gasteiger partial charge in [0.15, 0.2) is 0 Å². The molecule has 5 heteroatoms. The van der Waals surface area contributed by atoms with Gasteiger partial charge in [-0.05, 0) is 48.4 Å². The standard InChI is InChI=1S/C19H22ClNO3/c1-22-17-9-14(10-18(11-17)23-2)12-24-19(7-8-21-13-19)15-3-5-16(20)6-4-15/h3-6,9-11,21H,7-8,12-13H2,1-2H3. The first-order valence-electron chi connectivity index (χ1n) is 7.98. The molecule has 1 aliphatic heterocycles. The zero-order valence-electron chi connectivity index (χ0n) is 14.0. The maximum absolute atomic E-state index is 6.38. The largest absolute Gasteiger partial charge is 0.497 e. The smallest absolute Gasteiger partial charge is 0.122 e. The van der Waals surface area contributed by atoms with Crippen LogP contribution in [-0.2, 0) is 16.9 Å². The zero-order chi connectivity index (χ0) is 17.0. The fourth-order valence-electron chi connectivity index (χ4n) is 3.05. The molecule has 0 spiro atoms. The van der Waals surface area contributed by atoms with Crippen molar-refractivity contribution >= 4 is 11.6 Å². The van der Waals surface area contributed by atoms with Crippen molar-refractivity contribution in [3.05, 3.63) is 58.6 Å². The molecule has 0 aliphatic carbocycles. The highest BCUT2D eigenvalue weighted by molar-refractivity contribution is 6.30. The van der Waals surface area contributed by atoms with Gasteiger partial charge in [0.1, 0.15) is 17.1 Å². The van der Waals surface area contributed by atoms with E-state index in [1.54, 1.807) is 14.2 Å². The summed E-state index contributed by atoms with van der Waals surface area (Å²) in [6.45, 7) is 2.21. The van der Waals surface area contributed by atoms with E-state index in [1.807, 2.05) is 42.5 Å². The quantitative estimate of drug-likeness (QED) is 0.863. The minimum absolute atomic E-state index is 0.332. The molecule has 0 aromatic heterocycles. The molecule has 24 heavy (non-hydrogen) atoms. The lowest BCUT2D eigenvalue weighted by Gasteiger charge is -2.29. The number of nitrogens with one attached hydrogen (secondary N) is 1. The molecule has 0 saturated carbocycles. The maximum Gasteiger partial charge on any atom is 0.122 e. The summed E-state index contributed by atoms with van der Waals surface area (Å²) in [6.07, 6.45) is 0.926. The predicted octanol–water partition coefficient (Wildman–Crippen LogP) is 3.76. The summed E-state index contributed by atoms with van der Waals surface area (Å²) in [4.78, 5) is 0. The van der Waals surface area contributed by atoms with Gasteiger partial charge in [0.05, 0.1) is 20.8 Å². The Morgan fingerprint density at radius 2 is 1.71 bits per heavy atom. The second-order valence-electron chi connectivity index (χ2n) is 5.94. The van der Waals surface area contributed by atoms with Crippen LogP contribution in [0.4, 0.5) is 0 Å². The van der Waals surface area contributed by atoms with Gasteiger partial charge in [0.2, 0.25) is 0 Å². The highest BCUT2D eigenvalue weighted by Crippen LogP contribution is 2.34. The van der Waals surface area contributed by atoms with Crippen molar-refractivity contribution in [3.8, 4) is 11.5 Å². The first kappa shape index (κ1) is 17.1. The van der Waals surface area contributed by atoms with Gasteiger partial charge in [-0.15, -0.1) is 0 Å². The van der Waals surface area contributed by atoms with E-state index in [4.69, 9.17) is 25.8 Å². The fourth-order valence-corrected chi connectivity index (χ4v) is 3.17. The lowest BCUT2D eigenvalue weighted by molar-refractivity contribution is -0.0471. The molecule has 0 bridgehead atoms. The Labute approximate surface area is 147 Å². The lowest BCUT2D eigenvalue weighted by Crippen LogP contribution is -2.32. The summed E-state index contributed by atoms with van der Waals surface area (Å²) >= 11 is 6.02. The van der Waals surface area contributed by atoms with Crippen molar-refractivity contribution in [3.63, 3.8) is 0 Å². The van der Waals surface area contributed by atoms with Crippen LogP contribution in [0.1, 0.15) is 17.5 Å². The third-order valence-corrected chi connectivity index (χ3v) is 4.66. The van der Waals surface area contributed by atoms with Crippen LogP contribution in [0, 0.1) is 0 Å². The van der Waals surface area contributed by atoms with Crippen LogP contribution < -0.4 is 14.8 Å². The van der Waals surface area contributed by atoms with Gasteiger partial charge in [-0.2, -0.15) is 0 Å². The van der Waals surface area contributed by atoms with Gasteiger partial charge in [-0.25, -0.2) is 0 Å². The van der Waals surface area contributed by atoms with Gasteiger partial charge in [-0.3, -0.25) is 0 Å². The topological polar surface area (TPSA) is 39.7 Å². The molecule has 1 saturated heterocycles. The number of hydrogen-bond donors (Lipinski definition) is 1. The number of benzene rings is 2. The molecule has 2 aromatic rings. The molecule has 128 valence electrons. The normalized spacial score (nSPS) is 20.1. The highest BCUT2D eigenvalue weighted by atomic mass is 35.5. The van der Waals surface area contributed by atoms with E-state index in [0.717, 1.165) is 47.2 Å². The summed E-state index contributed by atoms with van der Waals surface area (Å²) in [5, 5.41) is 4.13. The molecule has 1 unspecified atom stereocenters. The second kappa shape index (κ2) is 7.43. The summed E-state index contributed by atoms with van der Waals surface area (Å²) < 4.78 is 17.0. The third kappa shape index (κ3) is 3.66. The Kier molecular flexibility index (Phi) is 5.29. The van der Waals surface area contributed by atoms with Crippen LogP contribution in [-0.4, -0.2) is 27.3 Å². The molecule has 0 amide bonds. The van der Waals surface area contributed by atoms with Gasteiger partial charge in [0.25, 0.3) is 0 Å². The molecule has 1 N–H and O–H groups in total. The van der Waals surface area contributed by atoms with Crippen LogP contribution >= 0.6 is 11.6 Å². The minimum Gasteiger partial charge on any atom is -0.497 e. The third-order valence-electron chi connectivity index (χ3n) is 4.41. The van der Waals surface area contributed by atoms with Gasteiger partial charge < -0.3 is 19.5 Å². The van der Waals surface area contributed by atoms with E-state index in [-0.39, 0.29) is 5.60 Å². The Bertz CT molecular complexity index is 659. The molecular formula is C19H22ClNO3. The van der Waals surface area contributed by atoms with Crippen molar-refractivity contribution in [1.29, 1.82) is 0 Å². The molecule has 0 radical (unpaired) electrons. The van der Waals surface area contributed by atoms with E-state index < -0.39 is 0 Å². The van der Waals surface area contributed by atoms with Gasteiger partial charge in [-0.1, -0.05) is 23.7 Å². The van der Waals surface area contributed by atoms with Crippen LogP contribution in [0.2, 0.25) is 5.02 Å². The molecule has 3 rings (SSSR count). The van der Waals surface area contributed by atoms with E-state index in [9.17, 15) is 0 Å². The monoisotopic (exact) mass is 347 g/mol. The Balaban J connectivity index is 1.81. The van der Waals surface area contributed by atoms with Crippen LogP contribution in [0.3, 0.4) is 0 Å². The predicted molar refractivity (Wildman–Crippen MR) is 95.0 cm³/mol. The van der Waals surface area contributed by atoms with E-state index in [2.05, 4.69) is 5.32 Å². The summed E-state index contributed by atoms with van der Waals surface area (Å²) in [7, 11) is 3.30. The Hall–Kier alpha value is -1.75. The van der Waals surface area contributed by atoms with Crippen molar-refractivity contribution in [2.24, 2.45) is 0 Å². The molecule has 1 aliphatic rings. The first-order valence-corrected chi connectivity index (χ1v) is 8.36. The van der Waals surface area contributed by atoms with Crippen molar-refractivity contribution in [1.82, 2.24) is 5.32 Å². The van der Waals surface area contributed by atoms with E-state index >= 15 is 0 Å². The summed E-state index contributed by atoms with van der Waals surface area (Å²) in [6, 6.07) is 13.7. The number of hydrogen-bond acceptors (Lipinski definition) is 4. The van der Waals surface area contributed by atoms with Crippen LogP contribution in [0.15, 0.2) is 42.5 Å². The number of ether oxygens (including phenoxy) is 3. The van der Waals surface area contributed by atoms with E-state index in [0.29, 0.717) is 6.61 Å². The van der Waals surface area contributed by atoms with Crippen LogP contribution in [0.25, 0.3) is 0 Å². The van der Waals surface area contributed by atoms with Crippen molar-refractivity contribution in [2.45, 2.75) is 18.6 Å². The van der Waals surface area contributed by atoms with Crippen LogP contribution in [0.5, 0.6) is 11.5 Å². The zero-order valence-corrected chi connectivity index (χ0v) is 14.7. The molecule has 1 atom stereocenters. The molecule has 1 heterocycles. The van der Waals surface area contributed by atoms with Crippen molar-refractivity contribution in [2.75, 3.05) is 27.3 Å². The number of halogens is 1. The number of rotatable bonds is 6. The van der Waals surface area contributed by atoms with Gasteiger partial charge >= 0.3 is 0 Å². The summed E-state index contributed by atoms with van der Waals surface area (Å²) in [5.74, 6) is 1.52. The minimum atomic E-state index is -0.332. The average Bonchev–Trinajstić information content (AvgIpc) is 3.10. The first-order chi connectivity index (χ1) is 11.6. The van der Waals surface area contributed by atoms with Crippen molar-refractivity contribution < 1.29 is 14.2 Å². The highest BCUT2D eigenvalue weighted by Gasteiger charge is 2.36. The van der Waals surface area contributed by atoms with E-state index in [1.165, 1.54) is 0 Å². The molecule has 1 fully saturated rings. The lowest BCUT2D eigenvalue weighted by atomic mass is 9.92. The average molecular weight is 348 g/mol. The maximum atomic E-state index is 6.38. The number of methoxy groups -OCH3 is 2. The Morgan fingerprint density at radius 1 is 1.04 bits per heavy atom. The molecule has 4 nitrogen and oxygen atoms in total. The fraction of sp³-hybridized carbons (Fsp3) is 0.368.